The van der Waals surface area contributed by atoms with Crippen LogP contribution in [-0.2, 0) is 5.88 Å². The smallest absolute Gasteiger partial charge is 0.171 e. The molecule has 78 valence electrons. The zero-order valence-corrected chi connectivity index (χ0v) is 9.36. The van der Waals surface area contributed by atoms with Crippen molar-refractivity contribution in [3.8, 4) is 5.69 Å². The molecule has 0 spiro atoms. The average molecular weight is 223 g/mol. The van der Waals surface area contributed by atoms with Crippen LogP contribution < -0.4 is 0 Å². The minimum atomic E-state index is 0.306. The van der Waals surface area contributed by atoms with Crippen molar-refractivity contribution in [2.45, 2.75) is 19.7 Å². The monoisotopic (exact) mass is 222 g/mol. The number of aryl methyl sites for hydroxylation is 2. The lowest BCUT2D eigenvalue weighted by atomic mass is 10.1. The van der Waals surface area contributed by atoms with Crippen LogP contribution in [-0.4, -0.2) is 20.2 Å². The third kappa shape index (κ3) is 1.85. The second-order valence-corrected chi connectivity index (χ2v) is 3.70. The van der Waals surface area contributed by atoms with Gasteiger partial charge in [0.15, 0.2) is 5.82 Å². The molecule has 0 unspecified atom stereocenters. The van der Waals surface area contributed by atoms with Crippen molar-refractivity contribution in [3.05, 3.63) is 35.2 Å². The first-order valence-corrected chi connectivity index (χ1v) is 5.16. The van der Waals surface area contributed by atoms with E-state index in [9.17, 15) is 0 Å². The van der Waals surface area contributed by atoms with Crippen molar-refractivity contribution in [2.24, 2.45) is 0 Å². The third-order valence-corrected chi connectivity index (χ3v) is 2.49. The van der Waals surface area contributed by atoms with Gasteiger partial charge in [-0.15, -0.1) is 16.7 Å². The molecule has 15 heavy (non-hydrogen) atoms. The van der Waals surface area contributed by atoms with E-state index in [-0.39, 0.29) is 0 Å². The van der Waals surface area contributed by atoms with Gasteiger partial charge in [0, 0.05) is 0 Å². The van der Waals surface area contributed by atoms with Crippen LogP contribution in [0.1, 0.15) is 17.0 Å². The highest BCUT2D eigenvalue weighted by atomic mass is 35.5. The standard InChI is InChI=1S/C10H11ClN4/c1-7-3-4-8(2)9(5-7)15-10(6-11)12-13-14-15/h3-5H,6H2,1-2H3. The van der Waals surface area contributed by atoms with Crippen molar-refractivity contribution in [1.82, 2.24) is 20.2 Å². The van der Waals surface area contributed by atoms with Gasteiger partial charge in [0.05, 0.1) is 11.6 Å². The van der Waals surface area contributed by atoms with E-state index in [1.54, 1.807) is 4.68 Å². The molecule has 2 rings (SSSR count). The summed E-state index contributed by atoms with van der Waals surface area (Å²) in [6.45, 7) is 4.06. The molecule has 0 saturated heterocycles. The van der Waals surface area contributed by atoms with E-state index < -0.39 is 0 Å². The molecule has 1 aromatic carbocycles. The van der Waals surface area contributed by atoms with Gasteiger partial charge in [-0.3, -0.25) is 0 Å². The maximum absolute atomic E-state index is 5.75. The van der Waals surface area contributed by atoms with Crippen molar-refractivity contribution in [1.29, 1.82) is 0 Å². The van der Waals surface area contributed by atoms with Crippen LogP contribution in [0.15, 0.2) is 18.2 Å². The highest BCUT2D eigenvalue weighted by molar-refractivity contribution is 6.16. The van der Waals surface area contributed by atoms with E-state index in [2.05, 4.69) is 21.6 Å². The number of halogens is 1. The van der Waals surface area contributed by atoms with Crippen molar-refractivity contribution in [2.75, 3.05) is 0 Å². The number of hydrogen-bond acceptors (Lipinski definition) is 3. The van der Waals surface area contributed by atoms with Gasteiger partial charge in [0.1, 0.15) is 0 Å². The number of benzene rings is 1. The normalized spacial score (nSPS) is 10.6. The minimum absolute atomic E-state index is 0.306. The van der Waals surface area contributed by atoms with Crippen molar-refractivity contribution in [3.63, 3.8) is 0 Å². The molecule has 2 aromatic rings. The van der Waals surface area contributed by atoms with Crippen LogP contribution in [0.25, 0.3) is 5.69 Å². The van der Waals surface area contributed by atoms with Crippen molar-refractivity contribution < 1.29 is 0 Å². The lowest BCUT2D eigenvalue weighted by Gasteiger charge is -2.07. The predicted molar refractivity (Wildman–Crippen MR) is 58.2 cm³/mol. The summed E-state index contributed by atoms with van der Waals surface area (Å²) in [6, 6.07) is 6.15. The van der Waals surface area contributed by atoms with E-state index in [1.807, 2.05) is 26.0 Å². The number of alkyl halides is 1. The lowest BCUT2D eigenvalue weighted by Crippen LogP contribution is -2.03. The van der Waals surface area contributed by atoms with E-state index in [4.69, 9.17) is 11.6 Å². The van der Waals surface area contributed by atoms with Gasteiger partial charge in [-0.1, -0.05) is 12.1 Å². The molecule has 0 amide bonds. The second kappa shape index (κ2) is 3.98. The summed E-state index contributed by atoms with van der Waals surface area (Å²) >= 11 is 5.75. The molecule has 0 aliphatic rings. The van der Waals surface area contributed by atoms with Crippen LogP contribution in [0, 0.1) is 13.8 Å². The Bertz CT molecular complexity index is 478. The molecule has 0 radical (unpaired) electrons. The summed E-state index contributed by atoms with van der Waals surface area (Å²) in [5.74, 6) is 0.964. The van der Waals surface area contributed by atoms with Gasteiger partial charge in [-0.05, 0) is 41.5 Å². The van der Waals surface area contributed by atoms with Crippen LogP contribution in [0.3, 0.4) is 0 Å². The van der Waals surface area contributed by atoms with Crippen LogP contribution in [0.4, 0.5) is 0 Å². The molecular weight excluding hydrogens is 212 g/mol. The van der Waals surface area contributed by atoms with E-state index >= 15 is 0 Å². The first kappa shape index (κ1) is 10.1. The second-order valence-electron chi connectivity index (χ2n) is 3.43. The Balaban J connectivity index is 2.58. The fraction of sp³-hybridized carbons (Fsp3) is 0.300. The Morgan fingerprint density at radius 2 is 2.13 bits per heavy atom. The zero-order chi connectivity index (χ0) is 10.8. The predicted octanol–water partition coefficient (Wildman–Crippen LogP) is 2.02. The molecule has 0 aliphatic heterocycles. The van der Waals surface area contributed by atoms with Crippen LogP contribution >= 0.6 is 11.6 Å². The topological polar surface area (TPSA) is 43.6 Å². The molecule has 0 bridgehead atoms. The fourth-order valence-electron chi connectivity index (χ4n) is 1.42. The quantitative estimate of drug-likeness (QED) is 0.731. The number of nitrogens with zero attached hydrogens (tertiary/aromatic N) is 4. The number of hydrogen-bond donors (Lipinski definition) is 0. The van der Waals surface area contributed by atoms with E-state index in [1.165, 1.54) is 5.56 Å². The van der Waals surface area contributed by atoms with Gasteiger partial charge in [0.25, 0.3) is 0 Å². The highest BCUT2D eigenvalue weighted by Gasteiger charge is 2.09. The van der Waals surface area contributed by atoms with Gasteiger partial charge in [-0.2, -0.15) is 4.68 Å². The molecule has 5 heteroatoms. The molecule has 0 saturated carbocycles. The maximum Gasteiger partial charge on any atom is 0.171 e. The van der Waals surface area contributed by atoms with Crippen LogP contribution in [0.2, 0.25) is 0 Å². The summed E-state index contributed by atoms with van der Waals surface area (Å²) in [6.07, 6.45) is 0. The Morgan fingerprint density at radius 1 is 1.33 bits per heavy atom. The summed E-state index contributed by atoms with van der Waals surface area (Å²) in [7, 11) is 0. The van der Waals surface area contributed by atoms with E-state index in [0.717, 1.165) is 11.3 Å². The molecule has 1 aromatic heterocycles. The zero-order valence-electron chi connectivity index (χ0n) is 8.61. The molecule has 0 N–H and O–H groups in total. The van der Waals surface area contributed by atoms with Gasteiger partial charge in [0.2, 0.25) is 0 Å². The van der Waals surface area contributed by atoms with Gasteiger partial charge >= 0.3 is 0 Å². The largest absolute Gasteiger partial charge is 0.196 e. The first-order valence-electron chi connectivity index (χ1n) is 4.63. The Kier molecular flexibility index (Phi) is 2.68. The fourth-order valence-corrected chi connectivity index (χ4v) is 1.59. The molecular formula is C10H11ClN4. The minimum Gasteiger partial charge on any atom is -0.196 e. The molecule has 0 atom stereocenters. The Morgan fingerprint density at radius 3 is 2.87 bits per heavy atom. The summed E-state index contributed by atoms with van der Waals surface area (Å²) in [5.41, 5.74) is 3.28. The lowest BCUT2D eigenvalue weighted by molar-refractivity contribution is 0.772. The van der Waals surface area contributed by atoms with Gasteiger partial charge in [-0.25, -0.2) is 0 Å². The SMILES string of the molecule is Cc1ccc(C)c(-n2nnnc2CCl)c1. The maximum atomic E-state index is 5.75. The average Bonchev–Trinajstić information content (AvgIpc) is 2.69. The number of tetrazole rings is 1. The Labute approximate surface area is 92.9 Å². The Hall–Kier alpha value is -1.42. The van der Waals surface area contributed by atoms with E-state index in [0.29, 0.717) is 11.7 Å². The molecule has 1 heterocycles. The van der Waals surface area contributed by atoms with Gasteiger partial charge < -0.3 is 0 Å². The van der Waals surface area contributed by atoms with Crippen LogP contribution in [0.5, 0.6) is 0 Å². The highest BCUT2D eigenvalue weighted by Crippen LogP contribution is 2.16. The molecule has 4 nitrogen and oxygen atoms in total. The number of rotatable bonds is 2. The molecule has 0 fully saturated rings. The van der Waals surface area contributed by atoms with Crippen molar-refractivity contribution >= 4 is 11.6 Å². The summed E-state index contributed by atoms with van der Waals surface area (Å²) in [5, 5.41) is 11.4. The third-order valence-electron chi connectivity index (χ3n) is 2.25. The molecule has 0 aliphatic carbocycles. The summed E-state index contributed by atoms with van der Waals surface area (Å²) in [4.78, 5) is 0. The number of aromatic nitrogens is 4. The first-order chi connectivity index (χ1) is 7.22. The summed E-state index contributed by atoms with van der Waals surface area (Å²) < 4.78 is 1.68.